The average Bonchev–Trinajstić information content (AvgIpc) is 2.01. The second kappa shape index (κ2) is 4.50. The van der Waals surface area contributed by atoms with E-state index in [-0.39, 0.29) is 0 Å². The normalized spacial score (nSPS) is 10.7. The van der Waals surface area contributed by atoms with Crippen LogP contribution in [-0.4, -0.2) is 13.6 Å². The van der Waals surface area contributed by atoms with Gasteiger partial charge in [0, 0.05) is 19.3 Å². The third-order valence-electron chi connectivity index (χ3n) is 2.40. The zero-order valence-electron chi connectivity index (χ0n) is 9.96. The van der Waals surface area contributed by atoms with Gasteiger partial charge in [0.2, 0.25) is 0 Å². The fourth-order valence-corrected chi connectivity index (χ4v) is 1.88. The second-order valence-electron chi connectivity index (χ2n) is 4.56. The summed E-state index contributed by atoms with van der Waals surface area (Å²) >= 11 is 0. The summed E-state index contributed by atoms with van der Waals surface area (Å²) in [6, 6.07) is 6.64. The molecule has 1 heteroatoms. The lowest BCUT2D eigenvalue weighted by molar-refractivity contribution is 0.638. The Balaban J connectivity index is 2.84. The molecule has 0 aliphatic rings. The highest BCUT2D eigenvalue weighted by molar-refractivity contribution is 5.53. The predicted molar refractivity (Wildman–Crippen MR) is 64.0 cm³/mol. The van der Waals surface area contributed by atoms with Gasteiger partial charge in [0.15, 0.2) is 0 Å². The molecule has 0 radical (unpaired) electrons. The summed E-state index contributed by atoms with van der Waals surface area (Å²) in [5, 5.41) is 0. The molecule has 1 aromatic rings. The molecule has 0 fully saturated rings. The SMILES string of the molecule is Cc1ccc(N(C)CC(C)C)c(C)c1. The fraction of sp³-hybridized carbons (Fsp3) is 0.538. The molecule has 0 aliphatic carbocycles. The molecule has 0 aliphatic heterocycles. The van der Waals surface area contributed by atoms with Gasteiger partial charge >= 0.3 is 0 Å². The van der Waals surface area contributed by atoms with Crippen LogP contribution in [-0.2, 0) is 0 Å². The van der Waals surface area contributed by atoms with Crippen LogP contribution in [0.15, 0.2) is 18.2 Å². The standard InChI is InChI=1S/C13H21N/c1-10(2)9-14(5)13-7-6-11(3)8-12(13)4/h6-8,10H,9H2,1-5H3. The predicted octanol–water partition coefficient (Wildman–Crippen LogP) is 3.40. The third kappa shape index (κ3) is 2.76. The highest BCUT2D eigenvalue weighted by atomic mass is 15.1. The molecule has 0 unspecified atom stereocenters. The van der Waals surface area contributed by atoms with E-state index in [1.54, 1.807) is 0 Å². The molecule has 0 spiro atoms. The minimum absolute atomic E-state index is 0.709. The summed E-state index contributed by atoms with van der Waals surface area (Å²) in [5.41, 5.74) is 4.06. The number of nitrogens with zero attached hydrogens (tertiary/aromatic N) is 1. The Bertz CT molecular complexity index is 302. The topological polar surface area (TPSA) is 3.24 Å². The van der Waals surface area contributed by atoms with Gasteiger partial charge in [0.1, 0.15) is 0 Å². The number of aryl methyl sites for hydroxylation is 2. The van der Waals surface area contributed by atoms with Crippen LogP contribution in [0.25, 0.3) is 0 Å². The van der Waals surface area contributed by atoms with Gasteiger partial charge in [-0.3, -0.25) is 0 Å². The van der Waals surface area contributed by atoms with Crippen molar-refractivity contribution in [1.82, 2.24) is 0 Å². The van der Waals surface area contributed by atoms with E-state index in [0.29, 0.717) is 5.92 Å². The van der Waals surface area contributed by atoms with Gasteiger partial charge < -0.3 is 4.90 Å². The highest BCUT2D eigenvalue weighted by Crippen LogP contribution is 2.20. The third-order valence-corrected chi connectivity index (χ3v) is 2.40. The Hall–Kier alpha value is -0.980. The summed E-state index contributed by atoms with van der Waals surface area (Å²) in [4.78, 5) is 2.33. The van der Waals surface area contributed by atoms with Crippen molar-refractivity contribution in [1.29, 1.82) is 0 Å². The van der Waals surface area contributed by atoms with Crippen molar-refractivity contribution >= 4 is 5.69 Å². The van der Waals surface area contributed by atoms with Crippen LogP contribution in [0, 0.1) is 19.8 Å². The van der Waals surface area contributed by atoms with E-state index in [0.717, 1.165) is 6.54 Å². The maximum Gasteiger partial charge on any atom is 0.0393 e. The van der Waals surface area contributed by atoms with Crippen molar-refractivity contribution in [3.8, 4) is 0 Å². The van der Waals surface area contributed by atoms with Crippen molar-refractivity contribution in [3.63, 3.8) is 0 Å². The maximum atomic E-state index is 2.33. The average molecular weight is 191 g/mol. The number of rotatable bonds is 3. The summed E-state index contributed by atoms with van der Waals surface area (Å²) in [7, 11) is 2.16. The number of hydrogen-bond donors (Lipinski definition) is 0. The van der Waals surface area contributed by atoms with Gasteiger partial charge in [0.25, 0.3) is 0 Å². The number of hydrogen-bond acceptors (Lipinski definition) is 1. The first-order valence-corrected chi connectivity index (χ1v) is 5.29. The van der Waals surface area contributed by atoms with E-state index in [9.17, 15) is 0 Å². The van der Waals surface area contributed by atoms with Crippen LogP contribution in [0.2, 0.25) is 0 Å². The number of anilines is 1. The molecule has 0 atom stereocenters. The molecule has 1 rings (SSSR count). The fourth-order valence-electron chi connectivity index (χ4n) is 1.88. The van der Waals surface area contributed by atoms with Gasteiger partial charge in [0.05, 0.1) is 0 Å². The van der Waals surface area contributed by atoms with Crippen molar-refractivity contribution < 1.29 is 0 Å². The van der Waals surface area contributed by atoms with Crippen LogP contribution in [0.4, 0.5) is 5.69 Å². The quantitative estimate of drug-likeness (QED) is 0.708. The first kappa shape index (κ1) is 11.1. The molecule has 0 bridgehead atoms. The first-order valence-electron chi connectivity index (χ1n) is 5.29. The van der Waals surface area contributed by atoms with Crippen LogP contribution in [0.3, 0.4) is 0 Å². The molecule has 14 heavy (non-hydrogen) atoms. The Morgan fingerprint density at radius 2 is 1.86 bits per heavy atom. The Kier molecular flexibility index (Phi) is 3.56. The van der Waals surface area contributed by atoms with Gasteiger partial charge in [-0.05, 0) is 31.4 Å². The lowest BCUT2D eigenvalue weighted by atomic mass is 10.1. The molecule has 0 aromatic heterocycles. The van der Waals surface area contributed by atoms with E-state index in [1.165, 1.54) is 16.8 Å². The van der Waals surface area contributed by atoms with E-state index in [4.69, 9.17) is 0 Å². The molecule has 0 saturated heterocycles. The van der Waals surface area contributed by atoms with Crippen LogP contribution in [0.5, 0.6) is 0 Å². The Morgan fingerprint density at radius 3 is 2.36 bits per heavy atom. The highest BCUT2D eigenvalue weighted by Gasteiger charge is 2.05. The van der Waals surface area contributed by atoms with Crippen molar-refractivity contribution in [2.75, 3.05) is 18.5 Å². The minimum atomic E-state index is 0.709. The minimum Gasteiger partial charge on any atom is -0.374 e. The molecule has 0 heterocycles. The molecule has 0 saturated carbocycles. The second-order valence-corrected chi connectivity index (χ2v) is 4.56. The van der Waals surface area contributed by atoms with E-state index in [1.807, 2.05) is 0 Å². The number of benzene rings is 1. The van der Waals surface area contributed by atoms with E-state index < -0.39 is 0 Å². The summed E-state index contributed by atoms with van der Waals surface area (Å²) < 4.78 is 0. The van der Waals surface area contributed by atoms with Crippen molar-refractivity contribution in [2.45, 2.75) is 27.7 Å². The van der Waals surface area contributed by atoms with Crippen molar-refractivity contribution in [3.05, 3.63) is 29.3 Å². The monoisotopic (exact) mass is 191 g/mol. The van der Waals surface area contributed by atoms with E-state index >= 15 is 0 Å². The summed E-state index contributed by atoms with van der Waals surface area (Å²) in [6.45, 7) is 9.93. The molecule has 78 valence electrons. The lowest BCUT2D eigenvalue weighted by Crippen LogP contribution is -2.23. The largest absolute Gasteiger partial charge is 0.374 e. The summed E-state index contributed by atoms with van der Waals surface area (Å²) in [6.07, 6.45) is 0. The summed E-state index contributed by atoms with van der Waals surface area (Å²) in [5.74, 6) is 0.709. The molecular weight excluding hydrogens is 170 g/mol. The van der Waals surface area contributed by atoms with Crippen molar-refractivity contribution in [2.24, 2.45) is 5.92 Å². The van der Waals surface area contributed by atoms with Gasteiger partial charge in [-0.2, -0.15) is 0 Å². The van der Waals surface area contributed by atoms with Crippen LogP contribution in [0.1, 0.15) is 25.0 Å². The zero-order valence-corrected chi connectivity index (χ0v) is 9.96. The first-order chi connectivity index (χ1) is 6.50. The van der Waals surface area contributed by atoms with Gasteiger partial charge in [-0.15, -0.1) is 0 Å². The Labute approximate surface area is 87.7 Å². The van der Waals surface area contributed by atoms with Gasteiger partial charge in [-0.25, -0.2) is 0 Å². The smallest absolute Gasteiger partial charge is 0.0393 e. The lowest BCUT2D eigenvalue weighted by Gasteiger charge is -2.23. The Morgan fingerprint density at radius 1 is 1.21 bits per heavy atom. The van der Waals surface area contributed by atoms with Crippen LogP contribution >= 0.6 is 0 Å². The molecule has 0 N–H and O–H groups in total. The molecule has 1 aromatic carbocycles. The molecule has 1 nitrogen and oxygen atoms in total. The molecule has 0 amide bonds. The van der Waals surface area contributed by atoms with E-state index in [2.05, 4.69) is 57.8 Å². The van der Waals surface area contributed by atoms with Crippen LogP contribution < -0.4 is 4.90 Å². The zero-order chi connectivity index (χ0) is 10.7. The van der Waals surface area contributed by atoms with Gasteiger partial charge in [-0.1, -0.05) is 31.5 Å². The molecular formula is C13H21N. The maximum absolute atomic E-state index is 2.33.